The van der Waals surface area contributed by atoms with Crippen molar-refractivity contribution in [3.05, 3.63) is 71.2 Å². The molecule has 2 amide bonds. The summed E-state index contributed by atoms with van der Waals surface area (Å²) >= 11 is 0. The van der Waals surface area contributed by atoms with E-state index in [1.54, 1.807) is 23.2 Å². The first-order valence-electron chi connectivity index (χ1n) is 17.1. The number of amides is 2. The van der Waals surface area contributed by atoms with Gasteiger partial charge in [0.2, 0.25) is 0 Å². The number of halogens is 1. The van der Waals surface area contributed by atoms with Crippen molar-refractivity contribution in [2.24, 2.45) is 11.8 Å². The summed E-state index contributed by atoms with van der Waals surface area (Å²) in [4.78, 5) is 45.7. The normalized spacial score (nSPS) is 25.4. The van der Waals surface area contributed by atoms with E-state index in [0.717, 1.165) is 48.1 Å². The van der Waals surface area contributed by atoms with Crippen LogP contribution in [0.25, 0.3) is 22.3 Å². The third-order valence-corrected chi connectivity index (χ3v) is 9.75. The number of carbonyl (C=O) groups is 2. The van der Waals surface area contributed by atoms with Gasteiger partial charge in [-0.2, -0.15) is 0 Å². The molecule has 2 N–H and O–H groups in total. The first-order chi connectivity index (χ1) is 23.2. The second-order valence-electron chi connectivity index (χ2n) is 15.9. The van der Waals surface area contributed by atoms with Gasteiger partial charge in [0.05, 0.1) is 35.0 Å². The van der Waals surface area contributed by atoms with Crippen LogP contribution in [0.15, 0.2) is 42.6 Å². The van der Waals surface area contributed by atoms with E-state index < -0.39 is 17.0 Å². The molecule has 1 unspecified atom stereocenters. The zero-order valence-electron chi connectivity index (χ0n) is 28.6. The Kier molecular flexibility index (Phi) is 7.11. The second kappa shape index (κ2) is 11.1. The van der Waals surface area contributed by atoms with Crippen LogP contribution in [0.4, 0.5) is 14.0 Å². The van der Waals surface area contributed by atoms with Gasteiger partial charge in [0, 0.05) is 28.8 Å². The van der Waals surface area contributed by atoms with Gasteiger partial charge in [-0.05, 0) is 115 Å². The van der Waals surface area contributed by atoms with Crippen molar-refractivity contribution in [3.8, 4) is 23.1 Å². The molecule has 4 heterocycles. The molecular formula is C38H41FN6O4. The van der Waals surface area contributed by atoms with Crippen LogP contribution in [0.5, 0.6) is 0 Å². The maximum atomic E-state index is 15.4. The van der Waals surface area contributed by atoms with Crippen LogP contribution in [-0.2, 0) is 9.47 Å². The number of H-pyrrole nitrogens is 2. The highest BCUT2D eigenvalue weighted by molar-refractivity contribution is 5.78. The van der Waals surface area contributed by atoms with Crippen LogP contribution in [0.2, 0.25) is 0 Å². The van der Waals surface area contributed by atoms with E-state index in [1.165, 1.54) is 6.07 Å². The average molecular weight is 665 g/mol. The quantitative estimate of drug-likeness (QED) is 0.218. The number of rotatable bonds is 3. The molecule has 254 valence electrons. The molecule has 10 nitrogen and oxygen atoms in total. The number of aromatic nitrogens is 4. The van der Waals surface area contributed by atoms with Crippen molar-refractivity contribution in [3.63, 3.8) is 0 Å². The number of benzene rings is 2. The molecule has 2 aliphatic carbocycles. The van der Waals surface area contributed by atoms with Crippen LogP contribution in [0.3, 0.4) is 0 Å². The van der Waals surface area contributed by atoms with E-state index in [-0.39, 0.29) is 36.4 Å². The van der Waals surface area contributed by atoms with Gasteiger partial charge in [-0.15, -0.1) is 0 Å². The first kappa shape index (κ1) is 31.4. The smallest absolute Gasteiger partial charge is 0.411 e. The van der Waals surface area contributed by atoms with E-state index >= 15 is 4.39 Å². The van der Waals surface area contributed by atoms with Crippen molar-refractivity contribution in [1.29, 1.82) is 0 Å². The number of nitrogens with zero attached hydrogens (tertiary/aromatic N) is 4. The fraction of sp³-hybridized carbons (Fsp3) is 0.474. The first-order valence-corrected chi connectivity index (χ1v) is 17.1. The lowest BCUT2D eigenvalue weighted by atomic mass is 10.1. The molecular weight excluding hydrogens is 623 g/mol. The van der Waals surface area contributed by atoms with Crippen LogP contribution >= 0.6 is 0 Å². The number of ether oxygens (including phenoxy) is 2. The zero-order valence-corrected chi connectivity index (χ0v) is 28.6. The molecule has 0 spiro atoms. The lowest BCUT2D eigenvalue weighted by molar-refractivity contribution is 0.0164. The molecule has 0 radical (unpaired) electrons. The second-order valence-corrected chi connectivity index (χ2v) is 15.9. The summed E-state index contributed by atoms with van der Waals surface area (Å²) in [7, 11) is 0. The Labute approximate surface area is 284 Å². The number of hydrogen-bond donors (Lipinski definition) is 2. The van der Waals surface area contributed by atoms with E-state index in [0.29, 0.717) is 34.5 Å². The van der Waals surface area contributed by atoms with Crippen molar-refractivity contribution in [2.45, 2.75) is 103 Å². The largest absolute Gasteiger partial charge is 0.444 e. The van der Waals surface area contributed by atoms with Gasteiger partial charge in [-0.1, -0.05) is 11.8 Å². The number of hydrogen-bond acceptors (Lipinski definition) is 6. The summed E-state index contributed by atoms with van der Waals surface area (Å²) in [5.41, 5.74) is 2.69. The number of likely N-dealkylation sites (tertiary alicyclic amines) is 2. The molecule has 8 rings (SSSR count). The van der Waals surface area contributed by atoms with Gasteiger partial charge >= 0.3 is 12.2 Å². The van der Waals surface area contributed by atoms with E-state index in [4.69, 9.17) is 14.5 Å². The number of piperidine rings is 2. The maximum Gasteiger partial charge on any atom is 0.411 e. The molecule has 2 aromatic heterocycles. The van der Waals surface area contributed by atoms with E-state index in [1.807, 2.05) is 64.6 Å². The van der Waals surface area contributed by atoms with Crippen LogP contribution in [0, 0.1) is 29.5 Å². The zero-order chi connectivity index (χ0) is 34.4. The number of nitrogens with one attached hydrogen (secondary N) is 2. The van der Waals surface area contributed by atoms with Crippen molar-refractivity contribution in [1.82, 2.24) is 29.7 Å². The molecule has 49 heavy (non-hydrogen) atoms. The van der Waals surface area contributed by atoms with E-state index in [2.05, 4.69) is 26.8 Å². The number of imidazole rings is 2. The van der Waals surface area contributed by atoms with Crippen LogP contribution in [0.1, 0.15) is 102 Å². The van der Waals surface area contributed by atoms with Gasteiger partial charge in [-0.3, -0.25) is 9.80 Å². The summed E-state index contributed by atoms with van der Waals surface area (Å²) in [6.07, 6.45) is 4.65. The third-order valence-electron chi connectivity index (χ3n) is 9.75. The summed E-state index contributed by atoms with van der Waals surface area (Å²) in [5.74, 6) is 8.13. The number of aromatic amines is 2. The molecule has 11 heteroatoms. The lowest BCUT2D eigenvalue weighted by Gasteiger charge is -2.29. The fourth-order valence-corrected chi connectivity index (χ4v) is 7.42. The van der Waals surface area contributed by atoms with Crippen LogP contribution < -0.4 is 0 Å². The van der Waals surface area contributed by atoms with E-state index in [9.17, 15) is 9.59 Å². The lowest BCUT2D eigenvalue weighted by Crippen LogP contribution is -2.38. The minimum Gasteiger partial charge on any atom is -0.444 e. The summed E-state index contributed by atoms with van der Waals surface area (Å²) in [6, 6.07) is 10.6. The Morgan fingerprint density at radius 2 is 1.37 bits per heavy atom. The highest BCUT2D eigenvalue weighted by Crippen LogP contribution is 2.54. The van der Waals surface area contributed by atoms with Gasteiger partial charge < -0.3 is 19.4 Å². The predicted octanol–water partition coefficient (Wildman–Crippen LogP) is 7.63. The predicted molar refractivity (Wildman–Crippen MR) is 181 cm³/mol. The topological polar surface area (TPSA) is 116 Å². The van der Waals surface area contributed by atoms with Gasteiger partial charge in [0.25, 0.3) is 0 Å². The monoisotopic (exact) mass is 664 g/mol. The van der Waals surface area contributed by atoms with Gasteiger partial charge in [0.15, 0.2) is 0 Å². The van der Waals surface area contributed by atoms with Gasteiger partial charge in [-0.25, -0.2) is 23.9 Å². The van der Waals surface area contributed by atoms with Crippen LogP contribution in [-0.4, -0.2) is 65.2 Å². The Bertz CT molecular complexity index is 2040. The molecule has 0 bridgehead atoms. The molecule has 6 atom stereocenters. The number of fused-ring (bicyclic) bond motifs is 3. The molecule has 4 aromatic rings. The molecule has 2 saturated heterocycles. The van der Waals surface area contributed by atoms with Gasteiger partial charge in [0.1, 0.15) is 28.7 Å². The van der Waals surface area contributed by atoms with Crippen molar-refractivity contribution >= 4 is 23.2 Å². The molecule has 4 aliphatic rings. The summed E-state index contributed by atoms with van der Waals surface area (Å²) < 4.78 is 26.8. The standard InChI is InChI=1S/C38H41FN6O4/c1-37(2,3)48-35(46)44-29-15-22(29)17-31(44)33-40-19-28(43-33)24-11-9-20(13-25(24)39)7-8-21-10-12-26-27(14-21)42-34(41-26)32-18-23-16-30(23)45(32)36(47)49-38(4,5)6/h9-14,19,22-23,29-32H,15-18H2,1-6H3,(H,40,43)(H,41,42)/t22-,23?,29-,30-,31+,32+/m1/s1. The third kappa shape index (κ3) is 6.13. The highest BCUT2D eigenvalue weighted by Gasteiger charge is 2.57. The molecule has 4 fully saturated rings. The Morgan fingerprint density at radius 1 is 0.796 bits per heavy atom. The Balaban J connectivity index is 0.970. The minimum absolute atomic E-state index is 0.152. The minimum atomic E-state index is -0.589. The Hall–Kier alpha value is -4.85. The Morgan fingerprint density at radius 3 is 1.96 bits per heavy atom. The molecule has 2 aliphatic heterocycles. The molecule has 2 aromatic carbocycles. The number of carbonyl (C=O) groups excluding carboxylic acids is 2. The average Bonchev–Trinajstić information content (AvgIpc) is 3.64. The van der Waals surface area contributed by atoms with Crippen molar-refractivity contribution in [2.75, 3.05) is 0 Å². The maximum absolute atomic E-state index is 15.4. The molecule has 2 saturated carbocycles. The summed E-state index contributed by atoms with van der Waals surface area (Å²) in [5, 5.41) is 0. The SMILES string of the molecule is CC(C)(C)OC(=O)N1[C@@H]2CC2C[C@H]1c1nc2ccc(C#Cc3ccc(-c4cnc([C@@H]5C[C@H]6C[C@H]6N5C(=O)OC(C)(C)C)[nH]4)c(F)c3)cc2[nH]1. The summed E-state index contributed by atoms with van der Waals surface area (Å²) in [6.45, 7) is 11.2. The van der Waals surface area contributed by atoms with Crippen molar-refractivity contribution < 1.29 is 23.5 Å². The fourth-order valence-electron chi connectivity index (χ4n) is 7.42. The highest BCUT2D eigenvalue weighted by atomic mass is 19.1.